The molecule has 1 aliphatic rings. The normalized spacial score (nSPS) is 15.0. The zero-order valence-electron chi connectivity index (χ0n) is 15.7. The number of piperidine rings is 1. The third kappa shape index (κ3) is 6.52. The largest absolute Gasteiger partial charge is 0.445 e. The summed E-state index contributed by atoms with van der Waals surface area (Å²) >= 11 is 0. The van der Waals surface area contributed by atoms with E-state index >= 15 is 0 Å². The van der Waals surface area contributed by atoms with E-state index in [9.17, 15) is 22.8 Å². The second-order valence-corrected chi connectivity index (χ2v) is 8.76. The number of carbonyl (C=O) groups excluding carboxylic acids is 3. The molecule has 1 saturated heterocycles. The van der Waals surface area contributed by atoms with Crippen molar-refractivity contribution in [2.75, 3.05) is 32.4 Å². The van der Waals surface area contributed by atoms with E-state index in [0.717, 1.165) is 5.56 Å². The van der Waals surface area contributed by atoms with Gasteiger partial charge in [0.15, 0.2) is 9.84 Å². The van der Waals surface area contributed by atoms with Gasteiger partial charge in [-0.2, -0.15) is 0 Å². The Morgan fingerprint density at radius 1 is 1.14 bits per heavy atom. The fourth-order valence-electron chi connectivity index (χ4n) is 2.87. The third-order valence-electron chi connectivity index (χ3n) is 4.51. The van der Waals surface area contributed by atoms with E-state index in [1.54, 1.807) is 0 Å². The van der Waals surface area contributed by atoms with E-state index in [-0.39, 0.29) is 45.0 Å². The van der Waals surface area contributed by atoms with Gasteiger partial charge in [0, 0.05) is 20.1 Å². The van der Waals surface area contributed by atoms with Crippen molar-refractivity contribution in [1.82, 2.24) is 15.5 Å². The van der Waals surface area contributed by atoms with Gasteiger partial charge in [0.1, 0.15) is 18.9 Å². The summed E-state index contributed by atoms with van der Waals surface area (Å²) in [5, 5.41) is 4.06. The maximum atomic E-state index is 12.2. The monoisotopic (exact) mass is 411 g/mol. The summed E-state index contributed by atoms with van der Waals surface area (Å²) in [5.74, 6) is -1.40. The fraction of sp³-hybridized carbons (Fsp3) is 0.500. The first-order valence-corrected chi connectivity index (χ1v) is 10.7. The molecule has 3 amide bonds. The molecule has 2 rings (SSSR count). The van der Waals surface area contributed by atoms with Gasteiger partial charge in [0.05, 0.1) is 5.25 Å². The Kier molecular flexibility index (Phi) is 7.80. The Hall–Kier alpha value is -2.62. The van der Waals surface area contributed by atoms with E-state index in [1.165, 1.54) is 11.9 Å². The molecular weight excluding hydrogens is 386 g/mol. The first kappa shape index (κ1) is 21.7. The Labute approximate surface area is 164 Å². The summed E-state index contributed by atoms with van der Waals surface area (Å²) in [7, 11) is -2.16. The van der Waals surface area contributed by atoms with E-state index in [4.69, 9.17) is 4.74 Å². The standard InChI is InChI=1S/C18H25N3O6S/c1-19-16(22)13-28(25,26)15-7-9-21(10-8-15)17(23)11-20-18(24)27-12-14-5-3-2-4-6-14/h2-6,15H,7-13H2,1H3,(H,19,22)(H,20,24). The fourth-order valence-corrected chi connectivity index (χ4v) is 4.55. The number of benzene rings is 1. The van der Waals surface area contributed by atoms with Crippen LogP contribution in [0.1, 0.15) is 18.4 Å². The first-order chi connectivity index (χ1) is 13.3. The zero-order chi connectivity index (χ0) is 20.6. The molecule has 2 N–H and O–H groups in total. The molecule has 1 fully saturated rings. The van der Waals surface area contributed by atoms with Gasteiger partial charge in [-0.3, -0.25) is 9.59 Å². The van der Waals surface area contributed by atoms with E-state index < -0.39 is 32.8 Å². The average molecular weight is 411 g/mol. The van der Waals surface area contributed by atoms with Crippen LogP contribution in [0.15, 0.2) is 30.3 Å². The lowest BCUT2D eigenvalue weighted by Crippen LogP contribution is -2.47. The molecule has 1 aromatic carbocycles. The number of sulfone groups is 1. The Balaban J connectivity index is 1.71. The van der Waals surface area contributed by atoms with Crippen molar-refractivity contribution >= 4 is 27.7 Å². The number of hydrogen-bond acceptors (Lipinski definition) is 6. The molecule has 0 bridgehead atoms. The summed E-state index contributed by atoms with van der Waals surface area (Å²) in [6.07, 6.45) is -0.159. The maximum absolute atomic E-state index is 12.2. The molecule has 0 atom stereocenters. The SMILES string of the molecule is CNC(=O)CS(=O)(=O)C1CCN(C(=O)CNC(=O)OCc2ccccc2)CC1. The second kappa shape index (κ2) is 10.1. The van der Waals surface area contributed by atoms with Gasteiger partial charge in [0.2, 0.25) is 11.8 Å². The van der Waals surface area contributed by atoms with Gasteiger partial charge in [0.25, 0.3) is 0 Å². The molecule has 0 aliphatic carbocycles. The lowest BCUT2D eigenvalue weighted by Gasteiger charge is -2.31. The third-order valence-corrected chi connectivity index (χ3v) is 6.66. The van der Waals surface area contributed by atoms with Crippen LogP contribution in [-0.2, 0) is 30.8 Å². The zero-order valence-corrected chi connectivity index (χ0v) is 16.5. The smallest absolute Gasteiger partial charge is 0.407 e. The van der Waals surface area contributed by atoms with Crippen LogP contribution in [0.4, 0.5) is 4.79 Å². The predicted molar refractivity (Wildman–Crippen MR) is 102 cm³/mol. The molecule has 28 heavy (non-hydrogen) atoms. The van der Waals surface area contributed by atoms with Crippen molar-refractivity contribution in [3.63, 3.8) is 0 Å². The van der Waals surface area contributed by atoms with Crippen molar-refractivity contribution in [2.45, 2.75) is 24.7 Å². The summed E-state index contributed by atoms with van der Waals surface area (Å²) in [5.41, 5.74) is 0.837. The number of alkyl carbamates (subject to hydrolysis) is 1. The van der Waals surface area contributed by atoms with Gasteiger partial charge >= 0.3 is 6.09 Å². The summed E-state index contributed by atoms with van der Waals surface area (Å²) in [6.45, 7) is 0.410. The Morgan fingerprint density at radius 2 is 1.79 bits per heavy atom. The van der Waals surface area contributed by atoms with Crippen LogP contribution < -0.4 is 10.6 Å². The van der Waals surface area contributed by atoms with Crippen LogP contribution in [-0.4, -0.2) is 68.9 Å². The summed E-state index contributed by atoms with van der Waals surface area (Å²) < 4.78 is 29.4. The van der Waals surface area contributed by atoms with Crippen molar-refractivity contribution in [3.05, 3.63) is 35.9 Å². The van der Waals surface area contributed by atoms with Gasteiger partial charge in [-0.1, -0.05) is 30.3 Å². The molecule has 1 aliphatic heterocycles. The molecule has 0 unspecified atom stereocenters. The van der Waals surface area contributed by atoms with Crippen LogP contribution in [0.3, 0.4) is 0 Å². The molecule has 9 nitrogen and oxygen atoms in total. The van der Waals surface area contributed by atoms with Crippen LogP contribution in [0.2, 0.25) is 0 Å². The molecule has 1 heterocycles. The van der Waals surface area contributed by atoms with Crippen LogP contribution in [0, 0.1) is 0 Å². The van der Waals surface area contributed by atoms with E-state index in [1.807, 2.05) is 30.3 Å². The molecule has 0 radical (unpaired) electrons. The van der Waals surface area contributed by atoms with Crippen LogP contribution >= 0.6 is 0 Å². The van der Waals surface area contributed by atoms with Gasteiger partial charge in [-0.25, -0.2) is 13.2 Å². The number of nitrogens with zero attached hydrogens (tertiary/aromatic N) is 1. The summed E-state index contributed by atoms with van der Waals surface area (Å²) in [4.78, 5) is 36.7. The highest BCUT2D eigenvalue weighted by Crippen LogP contribution is 2.18. The quantitative estimate of drug-likeness (QED) is 0.655. The highest BCUT2D eigenvalue weighted by molar-refractivity contribution is 7.92. The Bertz CT molecular complexity index is 789. The lowest BCUT2D eigenvalue weighted by molar-refractivity contribution is -0.131. The van der Waals surface area contributed by atoms with Crippen LogP contribution in [0.5, 0.6) is 0 Å². The van der Waals surface area contributed by atoms with Gasteiger partial charge in [-0.15, -0.1) is 0 Å². The molecule has 0 spiro atoms. The molecule has 0 aromatic heterocycles. The molecule has 10 heteroatoms. The molecular formula is C18H25N3O6S. The number of rotatable bonds is 7. The maximum Gasteiger partial charge on any atom is 0.407 e. The summed E-state index contributed by atoms with van der Waals surface area (Å²) in [6, 6.07) is 9.16. The molecule has 0 saturated carbocycles. The molecule has 1 aromatic rings. The molecule has 154 valence electrons. The highest BCUT2D eigenvalue weighted by Gasteiger charge is 2.32. The predicted octanol–water partition coefficient (Wildman–Crippen LogP) is 0.0646. The first-order valence-electron chi connectivity index (χ1n) is 8.96. The van der Waals surface area contributed by atoms with Gasteiger partial charge in [-0.05, 0) is 18.4 Å². The van der Waals surface area contributed by atoms with Crippen molar-refractivity contribution in [2.24, 2.45) is 0 Å². The lowest BCUT2D eigenvalue weighted by atomic mass is 10.1. The topological polar surface area (TPSA) is 122 Å². The number of amides is 3. The average Bonchev–Trinajstić information content (AvgIpc) is 2.71. The van der Waals surface area contributed by atoms with Gasteiger partial charge < -0.3 is 20.3 Å². The number of nitrogens with one attached hydrogen (secondary N) is 2. The highest BCUT2D eigenvalue weighted by atomic mass is 32.2. The van der Waals surface area contributed by atoms with E-state index in [2.05, 4.69) is 10.6 Å². The minimum atomic E-state index is -3.54. The Morgan fingerprint density at radius 3 is 2.39 bits per heavy atom. The van der Waals surface area contributed by atoms with Crippen LogP contribution in [0.25, 0.3) is 0 Å². The van der Waals surface area contributed by atoms with Crippen molar-refractivity contribution in [1.29, 1.82) is 0 Å². The number of carbonyl (C=O) groups is 3. The van der Waals surface area contributed by atoms with E-state index in [0.29, 0.717) is 0 Å². The minimum Gasteiger partial charge on any atom is -0.445 e. The number of hydrogen-bond donors (Lipinski definition) is 2. The second-order valence-electron chi connectivity index (χ2n) is 6.48. The van der Waals surface area contributed by atoms with Crippen molar-refractivity contribution < 1.29 is 27.5 Å². The van der Waals surface area contributed by atoms with Crippen molar-refractivity contribution in [3.8, 4) is 0 Å². The minimum absolute atomic E-state index is 0.107. The number of likely N-dealkylation sites (tertiary alicyclic amines) is 1. The number of ether oxygens (including phenoxy) is 1.